The molecule has 2 aromatic heterocycles. The number of hydrogen-bond donors (Lipinski definition) is 0. The van der Waals surface area contributed by atoms with Crippen molar-refractivity contribution >= 4 is 11.6 Å². The Labute approximate surface area is 193 Å². The van der Waals surface area contributed by atoms with E-state index in [2.05, 4.69) is 10.1 Å². The molecule has 0 aliphatic carbocycles. The van der Waals surface area contributed by atoms with Crippen LogP contribution in [0.5, 0.6) is 5.75 Å². The summed E-state index contributed by atoms with van der Waals surface area (Å²) in [4.78, 5) is 19.2. The predicted molar refractivity (Wildman–Crippen MR) is 119 cm³/mol. The van der Waals surface area contributed by atoms with Gasteiger partial charge in [-0.05, 0) is 61.9 Å². The molecule has 0 saturated heterocycles. The van der Waals surface area contributed by atoms with Gasteiger partial charge >= 0.3 is 6.18 Å². The van der Waals surface area contributed by atoms with E-state index >= 15 is 0 Å². The molecule has 0 unspecified atom stereocenters. The number of fused-ring (bicyclic) bond motifs is 1. The van der Waals surface area contributed by atoms with E-state index in [9.17, 15) is 18.0 Å². The standard InChI is InChI=1S/C24H20F3N5O2/c1-15-28-12-14-30(15)16-3-5-17(6-4-16)31-13-11-20-21(23(31)33)32(29-22(20)24(25,26)27)18-7-9-19(34-2)10-8-18/h3-10,12,14H,11,13H2,1-2H3. The number of aromatic nitrogens is 4. The van der Waals surface area contributed by atoms with Crippen molar-refractivity contribution < 1.29 is 22.7 Å². The molecule has 174 valence electrons. The minimum atomic E-state index is -4.67. The number of nitrogens with zero attached hydrogens (tertiary/aromatic N) is 5. The molecule has 0 bridgehead atoms. The van der Waals surface area contributed by atoms with Crippen LogP contribution in [0.4, 0.5) is 18.9 Å². The zero-order valence-corrected chi connectivity index (χ0v) is 18.4. The van der Waals surface area contributed by atoms with Crippen molar-refractivity contribution in [1.29, 1.82) is 0 Å². The molecule has 0 fully saturated rings. The first-order chi connectivity index (χ1) is 16.3. The fraction of sp³-hybridized carbons (Fsp3) is 0.208. The molecule has 0 spiro atoms. The number of aryl methyl sites for hydroxylation is 1. The maximum absolute atomic E-state index is 13.8. The van der Waals surface area contributed by atoms with Crippen molar-refractivity contribution in [1.82, 2.24) is 19.3 Å². The second-order valence-corrected chi connectivity index (χ2v) is 7.85. The number of carbonyl (C=O) groups is 1. The third-order valence-corrected chi connectivity index (χ3v) is 5.87. The van der Waals surface area contributed by atoms with Gasteiger partial charge in [0.05, 0.1) is 12.8 Å². The summed E-state index contributed by atoms with van der Waals surface area (Å²) in [5, 5.41) is 3.82. The quantitative estimate of drug-likeness (QED) is 0.440. The Morgan fingerprint density at radius 2 is 1.62 bits per heavy atom. The molecule has 2 aromatic carbocycles. The maximum atomic E-state index is 13.8. The number of imidazole rings is 1. The molecular weight excluding hydrogens is 447 g/mol. The van der Waals surface area contributed by atoms with Crippen LogP contribution in [-0.4, -0.2) is 38.9 Å². The van der Waals surface area contributed by atoms with Crippen molar-refractivity contribution in [3.05, 3.63) is 83.7 Å². The number of anilines is 1. The summed E-state index contributed by atoms with van der Waals surface area (Å²) < 4.78 is 49.4. The Morgan fingerprint density at radius 3 is 2.21 bits per heavy atom. The highest BCUT2D eigenvalue weighted by molar-refractivity contribution is 6.07. The Hall–Kier alpha value is -4.08. The van der Waals surface area contributed by atoms with Crippen LogP contribution in [0.15, 0.2) is 60.9 Å². The molecule has 1 amide bonds. The second kappa shape index (κ2) is 8.05. The SMILES string of the molecule is COc1ccc(-n2nc(C(F)(F)F)c3c2C(=O)N(c2ccc(-n4ccnc4C)cc2)CC3)cc1. The lowest BCUT2D eigenvalue weighted by Crippen LogP contribution is -2.39. The first-order valence-corrected chi connectivity index (χ1v) is 10.5. The van der Waals surface area contributed by atoms with Crippen LogP contribution in [0, 0.1) is 6.92 Å². The summed E-state index contributed by atoms with van der Waals surface area (Å²) in [6.07, 6.45) is -1.12. The van der Waals surface area contributed by atoms with Crippen LogP contribution in [0.1, 0.15) is 27.6 Å². The van der Waals surface area contributed by atoms with Crippen LogP contribution in [0.25, 0.3) is 11.4 Å². The number of hydrogen-bond acceptors (Lipinski definition) is 4. The first kappa shape index (κ1) is 21.7. The highest BCUT2D eigenvalue weighted by Gasteiger charge is 2.43. The van der Waals surface area contributed by atoms with Crippen molar-refractivity contribution in [2.45, 2.75) is 19.5 Å². The van der Waals surface area contributed by atoms with E-state index in [-0.39, 0.29) is 24.2 Å². The Bertz CT molecular complexity index is 1360. The summed E-state index contributed by atoms with van der Waals surface area (Å²) in [6, 6.07) is 13.6. The molecule has 0 atom stereocenters. The second-order valence-electron chi connectivity index (χ2n) is 7.85. The van der Waals surface area contributed by atoms with Gasteiger partial charge in [0, 0.05) is 35.9 Å². The van der Waals surface area contributed by atoms with Gasteiger partial charge in [-0.3, -0.25) is 4.79 Å². The molecule has 0 saturated carbocycles. The number of benzene rings is 2. The van der Waals surface area contributed by atoms with Crippen LogP contribution < -0.4 is 9.64 Å². The van der Waals surface area contributed by atoms with Crippen LogP contribution in [-0.2, 0) is 12.6 Å². The van der Waals surface area contributed by atoms with Gasteiger partial charge in [0.15, 0.2) is 5.69 Å². The molecule has 5 rings (SSSR count). The highest BCUT2D eigenvalue weighted by atomic mass is 19.4. The number of ether oxygens (including phenoxy) is 1. The molecule has 4 aromatic rings. The minimum absolute atomic E-state index is 0.0362. The van der Waals surface area contributed by atoms with E-state index < -0.39 is 17.8 Å². The lowest BCUT2D eigenvalue weighted by molar-refractivity contribution is -0.141. The van der Waals surface area contributed by atoms with Gasteiger partial charge in [-0.15, -0.1) is 0 Å². The third kappa shape index (κ3) is 3.60. The largest absolute Gasteiger partial charge is 0.497 e. The smallest absolute Gasteiger partial charge is 0.435 e. The molecule has 10 heteroatoms. The van der Waals surface area contributed by atoms with Crippen molar-refractivity contribution in [2.24, 2.45) is 0 Å². The molecule has 1 aliphatic heterocycles. The van der Waals surface area contributed by atoms with E-state index in [0.29, 0.717) is 17.1 Å². The fourth-order valence-corrected chi connectivity index (χ4v) is 4.19. The first-order valence-electron chi connectivity index (χ1n) is 10.5. The van der Waals surface area contributed by atoms with E-state index in [4.69, 9.17) is 4.74 Å². The zero-order valence-electron chi connectivity index (χ0n) is 18.4. The van der Waals surface area contributed by atoms with Gasteiger partial charge in [0.25, 0.3) is 5.91 Å². The van der Waals surface area contributed by atoms with Gasteiger partial charge in [0.2, 0.25) is 0 Å². The average Bonchev–Trinajstić information content (AvgIpc) is 3.44. The van der Waals surface area contributed by atoms with E-state index in [1.807, 2.05) is 29.8 Å². The predicted octanol–water partition coefficient (Wildman–Crippen LogP) is 4.60. The van der Waals surface area contributed by atoms with Gasteiger partial charge in [0.1, 0.15) is 17.3 Å². The monoisotopic (exact) mass is 467 g/mol. The topological polar surface area (TPSA) is 65.2 Å². The Kier molecular flexibility index (Phi) is 5.15. The molecule has 7 nitrogen and oxygen atoms in total. The molecular formula is C24H20F3N5O2. The number of methoxy groups -OCH3 is 1. The fourth-order valence-electron chi connectivity index (χ4n) is 4.19. The maximum Gasteiger partial charge on any atom is 0.435 e. The summed E-state index contributed by atoms with van der Waals surface area (Å²) in [6.45, 7) is 1.99. The number of halogens is 3. The summed E-state index contributed by atoms with van der Waals surface area (Å²) in [7, 11) is 1.49. The summed E-state index contributed by atoms with van der Waals surface area (Å²) in [5.41, 5.74) is 0.596. The Balaban J connectivity index is 1.55. The molecule has 3 heterocycles. The van der Waals surface area contributed by atoms with Crippen molar-refractivity contribution in [3.8, 4) is 17.1 Å². The van der Waals surface area contributed by atoms with E-state index in [1.54, 1.807) is 42.6 Å². The number of amides is 1. The molecule has 0 N–H and O–H groups in total. The average molecular weight is 467 g/mol. The molecule has 0 radical (unpaired) electrons. The third-order valence-electron chi connectivity index (χ3n) is 5.87. The number of carbonyl (C=O) groups excluding carboxylic acids is 1. The van der Waals surface area contributed by atoms with Gasteiger partial charge in [-0.1, -0.05) is 0 Å². The van der Waals surface area contributed by atoms with Crippen molar-refractivity contribution in [3.63, 3.8) is 0 Å². The lowest BCUT2D eigenvalue weighted by atomic mass is 10.0. The van der Waals surface area contributed by atoms with Crippen molar-refractivity contribution in [2.75, 3.05) is 18.6 Å². The molecule has 1 aliphatic rings. The van der Waals surface area contributed by atoms with Crippen LogP contribution in [0.2, 0.25) is 0 Å². The van der Waals surface area contributed by atoms with Crippen LogP contribution in [0.3, 0.4) is 0 Å². The highest BCUT2D eigenvalue weighted by Crippen LogP contribution is 2.37. The molecule has 34 heavy (non-hydrogen) atoms. The van der Waals surface area contributed by atoms with Crippen LogP contribution >= 0.6 is 0 Å². The normalized spacial score (nSPS) is 13.8. The van der Waals surface area contributed by atoms with E-state index in [1.165, 1.54) is 12.0 Å². The van der Waals surface area contributed by atoms with E-state index in [0.717, 1.165) is 16.2 Å². The summed E-state index contributed by atoms with van der Waals surface area (Å²) in [5.74, 6) is 0.822. The van der Waals surface area contributed by atoms with Gasteiger partial charge in [-0.2, -0.15) is 18.3 Å². The number of alkyl halides is 3. The number of rotatable bonds is 4. The van der Waals surface area contributed by atoms with Gasteiger partial charge in [-0.25, -0.2) is 9.67 Å². The minimum Gasteiger partial charge on any atom is -0.497 e. The lowest BCUT2D eigenvalue weighted by Gasteiger charge is -2.28. The summed E-state index contributed by atoms with van der Waals surface area (Å²) >= 11 is 0. The van der Waals surface area contributed by atoms with Gasteiger partial charge < -0.3 is 14.2 Å². The zero-order chi connectivity index (χ0) is 24.0. The Morgan fingerprint density at radius 1 is 0.971 bits per heavy atom.